The Kier molecular flexibility index (Phi) is 8.74. The zero-order valence-corrected chi connectivity index (χ0v) is 20.7. The lowest BCUT2D eigenvalue weighted by molar-refractivity contribution is -0.118. The SMILES string of the molecule is CSN1CCN(c2ccc(NC(=O)C(NCCc3ccc(C#N)cc3)c3ccccc3)nc2)CC1. The number of nitrogens with zero attached hydrogens (tertiary/aromatic N) is 4. The zero-order chi connectivity index (χ0) is 24.5. The van der Waals surface area contributed by atoms with E-state index in [1.165, 1.54) is 0 Å². The monoisotopic (exact) mass is 486 g/mol. The van der Waals surface area contributed by atoms with E-state index < -0.39 is 6.04 Å². The molecule has 0 aliphatic carbocycles. The van der Waals surface area contributed by atoms with Crippen molar-refractivity contribution in [1.82, 2.24) is 14.6 Å². The largest absolute Gasteiger partial charge is 0.368 e. The van der Waals surface area contributed by atoms with E-state index in [4.69, 9.17) is 5.26 Å². The lowest BCUT2D eigenvalue weighted by Gasteiger charge is -2.34. The third-order valence-corrected chi connectivity index (χ3v) is 6.98. The van der Waals surface area contributed by atoms with Crippen molar-refractivity contribution < 1.29 is 4.79 Å². The van der Waals surface area contributed by atoms with Crippen LogP contribution in [0.2, 0.25) is 0 Å². The second-order valence-electron chi connectivity index (χ2n) is 8.35. The highest BCUT2D eigenvalue weighted by atomic mass is 32.2. The van der Waals surface area contributed by atoms with Crippen LogP contribution < -0.4 is 15.5 Å². The van der Waals surface area contributed by atoms with Gasteiger partial charge in [-0.15, -0.1) is 0 Å². The molecule has 0 saturated carbocycles. The zero-order valence-electron chi connectivity index (χ0n) is 19.9. The summed E-state index contributed by atoms with van der Waals surface area (Å²) in [6, 6.07) is 22.7. The predicted molar refractivity (Wildman–Crippen MR) is 142 cm³/mol. The molecule has 1 aromatic heterocycles. The molecule has 1 saturated heterocycles. The van der Waals surface area contributed by atoms with Crippen molar-refractivity contribution in [1.29, 1.82) is 5.26 Å². The fourth-order valence-corrected chi connectivity index (χ4v) is 4.62. The van der Waals surface area contributed by atoms with Crippen LogP contribution in [0.25, 0.3) is 0 Å². The number of nitrogens with one attached hydrogen (secondary N) is 2. The number of aromatic nitrogens is 1. The van der Waals surface area contributed by atoms with E-state index in [9.17, 15) is 4.79 Å². The Labute approximate surface area is 211 Å². The lowest BCUT2D eigenvalue weighted by Crippen LogP contribution is -2.43. The minimum Gasteiger partial charge on any atom is -0.368 e. The summed E-state index contributed by atoms with van der Waals surface area (Å²) in [4.78, 5) is 20.1. The van der Waals surface area contributed by atoms with E-state index in [-0.39, 0.29) is 5.91 Å². The first kappa shape index (κ1) is 24.7. The van der Waals surface area contributed by atoms with Gasteiger partial charge in [0.05, 0.1) is 23.5 Å². The summed E-state index contributed by atoms with van der Waals surface area (Å²) in [7, 11) is 0. The van der Waals surface area contributed by atoms with E-state index in [1.807, 2.05) is 72.9 Å². The van der Waals surface area contributed by atoms with Crippen molar-refractivity contribution in [2.24, 2.45) is 0 Å². The van der Waals surface area contributed by atoms with Gasteiger partial charge in [-0.25, -0.2) is 9.29 Å². The molecule has 2 N–H and O–H groups in total. The topological polar surface area (TPSA) is 84.3 Å². The molecule has 35 heavy (non-hydrogen) atoms. The molecule has 3 aromatic rings. The molecule has 1 aliphatic rings. The third kappa shape index (κ3) is 6.83. The second kappa shape index (κ2) is 12.4. The predicted octanol–water partition coefficient (Wildman–Crippen LogP) is 3.87. The molecule has 0 bridgehead atoms. The Balaban J connectivity index is 1.37. The molecule has 7 nitrogen and oxygen atoms in total. The fraction of sp³-hybridized carbons (Fsp3) is 0.296. The number of carbonyl (C=O) groups excluding carboxylic acids is 1. The maximum absolute atomic E-state index is 13.2. The molecule has 0 spiro atoms. The minimum absolute atomic E-state index is 0.148. The number of amides is 1. The summed E-state index contributed by atoms with van der Waals surface area (Å²) in [6.07, 6.45) is 4.69. The first-order chi connectivity index (χ1) is 17.2. The van der Waals surface area contributed by atoms with Crippen LogP contribution in [0.15, 0.2) is 72.9 Å². The van der Waals surface area contributed by atoms with Gasteiger partial charge in [-0.1, -0.05) is 54.4 Å². The smallest absolute Gasteiger partial charge is 0.247 e. The average molecular weight is 487 g/mol. The highest BCUT2D eigenvalue weighted by molar-refractivity contribution is 7.96. The number of carbonyl (C=O) groups is 1. The number of rotatable bonds is 9. The highest BCUT2D eigenvalue weighted by Gasteiger charge is 2.21. The second-order valence-corrected chi connectivity index (χ2v) is 9.23. The van der Waals surface area contributed by atoms with Gasteiger partial charge in [-0.05, 0) is 48.1 Å². The Hall–Kier alpha value is -3.38. The molecular formula is C27H30N6OS. The Bertz CT molecular complexity index is 1120. The van der Waals surface area contributed by atoms with Gasteiger partial charge in [0, 0.05) is 32.7 Å². The van der Waals surface area contributed by atoms with Gasteiger partial charge < -0.3 is 15.5 Å². The Morgan fingerprint density at radius 1 is 1.06 bits per heavy atom. The summed E-state index contributed by atoms with van der Waals surface area (Å²) >= 11 is 1.78. The van der Waals surface area contributed by atoms with Crippen molar-refractivity contribution in [2.75, 3.05) is 49.2 Å². The number of piperazine rings is 1. The maximum Gasteiger partial charge on any atom is 0.247 e. The number of pyridine rings is 1. The van der Waals surface area contributed by atoms with Crippen LogP contribution in [0.1, 0.15) is 22.7 Å². The van der Waals surface area contributed by atoms with E-state index in [2.05, 4.69) is 37.1 Å². The molecule has 1 atom stereocenters. The number of nitriles is 1. The summed E-state index contributed by atoms with van der Waals surface area (Å²) in [5, 5.41) is 15.3. The highest BCUT2D eigenvalue weighted by Crippen LogP contribution is 2.20. The van der Waals surface area contributed by atoms with Crippen LogP contribution in [0.4, 0.5) is 11.5 Å². The molecule has 8 heteroatoms. The van der Waals surface area contributed by atoms with Crippen LogP contribution in [0.5, 0.6) is 0 Å². The third-order valence-electron chi connectivity index (χ3n) is 6.10. The number of benzene rings is 2. The van der Waals surface area contributed by atoms with Gasteiger partial charge in [-0.2, -0.15) is 5.26 Å². The van der Waals surface area contributed by atoms with Gasteiger partial charge in [-0.3, -0.25) is 4.79 Å². The Morgan fingerprint density at radius 3 is 2.43 bits per heavy atom. The van der Waals surface area contributed by atoms with Crippen molar-refractivity contribution >= 4 is 29.4 Å². The average Bonchev–Trinajstić information content (AvgIpc) is 2.92. The molecule has 1 amide bonds. The molecule has 0 radical (unpaired) electrons. The summed E-state index contributed by atoms with van der Waals surface area (Å²) in [5.74, 6) is 0.390. The molecule has 4 rings (SSSR count). The molecule has 1 unspecified atom stereocenters. The van der Waals surface area contributed by atoms with Crippen molar-refractivity contribution in [3.8, 4) is 6.07 Å². The summed E-state index contributed by atoms with van der Waals surface area (Å²) in [5.41, 5.74) is 3.72. The first-order valence-electron chi connectivity index (χ1n) is 11.7. The van der Waals surface area contributed by atoms with Crippen LogP contribution in [-0.4, -0.2) is 54.2 Å². The number of anilines is 2. The van der Waals surface area contributed by atoms with Gasteiger partial charge in [0.2, 0.25) is 5.91 Å². The molecular weight excluding hydrogens is 456 g/mol. The molecule has 1 aliphatic heterocycles. The molecule has 2 heterocycles. The van der Waals surface area contributed by atoms with Gasteiger partial charge >= 0.3 is 0 Å². The van der Waals surface area contributed by atoms with Gasteiger partial charge in [0.1, 0.15) is 11.9 Å². The van der Waals surface area contributed by atoms with Crippen LogP contribution in [0, 0.1) is 11.3 Å². The van der Waals surface area contributed by atoms with E-state index >= 15 is 0 Å². The summed E-state index contributed by atoms with van der Waals surface area (Å²) in [6.45, 7) is 4.59. The Morgan fingerprint density at radius 2 is 1.80 bits per heavy atom. The molecule has 180 valence electrons. The van der Waals surface area contributed by atoms with Crippen molar-refractivity contribution in [3.63, 3.8) is 0 Å². The first-order valence-corrected chi connectivity index (χ1v) is 12.9. The van der Waals surface area contributed by atoms with Gasteiger partial charge in [0.15, 0.2) is 0 Å². The van der Waals surface area contributed by atoms with Crippen LogP contribution in [0.3, 0.4) is 0 Å². The molecule has 1 fully saturated rings. The van der Waals surface area contributed by atoms with Crippen LogP contribution >= 0.6 is 11.9 Å². The quantitative estimate of drug-likeness (QED) is 0.444. The minimum atomic E-state index is -0.504. The maximum atomic E-state index is 13.2. The van der Waals surface area contributed by atoms with Crippen molar-refractivity contribution in [3.05, 3.63) is 89.6 Å². The lowest BCUT2D eigenvalue weighted by atomic mass is 10.1. The standard InChI is InChI=1S/C27H30N6OS/c1-35-33-17-15-32(16-18-33)24-11-12-25(30-20-24)31-27(34)26(23-5-3-2-4-6-23)29-14-13-21-7-9-22(19-28)10-8-21/h2-12,20,26,29H,13-18H2,1H3,(H,30,31,34). The van der Waals surface area contributed by atoms with Crippen molar-refractivity contribution in [2.45, 2.75) is 12.5 Å². The fourth-order valence-electron chi connectivity index (χ4n) is 4.09. The van der Waals surface area contributed by atoms with E-state index in [1.54, 1.807) is 11.9 Å². The number of hydrogen-bond donors (Lipinski definition) is 2. The van der Waals surface area contributed by atoms with Crippen LogP contribution in [-0.2, 0) is 11.2 Å². The summed E-state index contributed by atoms with van der Waals surface area (Å²) < 4.78 is 2.36. The van der Waals surface area contributed by atoms with Gasteiger partial charge in [0.25, 0.3) is 0 Å². The molecule has 2 aromatic carbocycles. The van der Waals surface area contributed by atoms with E-state index in [0.29, 0.717) is 17.9 Å². The number of hydrogen-bond acceptors (Lipinski definition) is 7. The normalized spacial score (nSPS) is 14.8. The van der Waals surface area contributed by atoms with E-state index in [0.717, 1.165) is 49.4 Å².